The molecule has 1 amide bonds. The topological polar surface area (TPSA) is 56.9 Å². The van der Waals surface area contributed by atoms with Crippen molar-refractivity contribution in [3.63, 3.8) is 0 Å². The van der Waals surface area contributed by atoms with Gasteiger partial charge in [-0.25, -0.2) is 0 Å². The summed E-state index contributed by atoms with van der Waals surface area (Å²) in [6.45, 7) is 0. The minimum absolute atomic E-state index is 0.0803. The summed E-state index contributed by atoms with van der Waals surface area (Å²) in [6, 6.07) is 5.36. The molecule has 0 spiro atoms. The molecule has 1 unspecified atom stereocenters. The fourth-order valence-corrected chi connectivity index (χ4v) is 2.56. The average Bonchev–Trinajstić information content (AvgIpc) is 2.84. The van der Waals surface area contributed by atoms with Crippen molar-refractivity contribution in [2.24, 2.45) is 0 Å². The molecule has 4 nitrogen and oxygen atoms in total. The second-order valence-electron chi connectivity index (χ2n) is 4.22. The number of aromatic nitrogens is 1. The first kappa shape index (κ1) is 11.5. The number of carbonyl (C=O) groups excluding carboxylic acids is 1. The summed E-state index contributed by atoms with van der Waals surface area (Å²) in [6.07, 6.45) is 2.49. The van der Waals surface area contributed by atoms with Gasteiger partial charge in [0.25, 0.3) is 0 Å². The summed E-state index contributed by atoms with van der Waals surface area (Å²) in [5, 5.41) is 7.70. The number of halogens is 1. The lowest BCUT2D eigenvalue weighted by Crippen LogP contribution is -2.30. The van der Waals surface area contributed by atoms with Crippen LogP contribution in [0.5, 0.6) is 0 Å². The Labute approximate surface area is 114 Å². The standard InChI is InChI=1S/C12H10ClN3OS/c13-7-1-2-8-6(5-14-9(8)4-7)3-10-11(17)16-12(18)15-10/h1-2,4-5,10,14H,3H2,(H2,15,16,17,18). The average molecular weight is 280 g/mol. The van der Waals surface area contributed by atoms with Gasteiger partial charge >= 0.3 is 0 Å². The van der Waals surface area contributed by atoms with Gasteiger partial charge in [-0.05, 0) is 29.9 Å². The van der Waals surface area contributed by atoms with Crippen molar-refractivity contribution in [3.8, 4) is 0 Å². The molecule has 1 fully saturated rings. The number of rotatable bonds is 2. The number of benzene rings is 1. The maximum Gasteiger partial charge on any atom is 0.249 e. The number of H-pyrrole nitrogens is 1. The molecule has 1 aliphatic rings. The zero-order chi connectivity index (χ0) is 12.7. The van der Waals surface area contributed by atoms with E-state index in [2.05, 4.69) is 15.6 Å². The minimum atomic E-state index is -0.299. The van der Waals surface area contributed by atoms with Gasteiger partial charge in [0.2, 0.25) is 5.91 Å². The van der Waals surface area contributed by atoms with Crippen LogP contribution < -0.4 is 10.6 Å². The third-order valence-corrected chi connectivity index (χ3v) is 3.47. The molecule has 92 valence electrons. The van der Waals surface area contributed by atoms with Gasteiger partial charge in [0.05, 0.1) is 0 Å². The molecule has 3 N–H and O–H groups in total. The van der Waals surface area contributed by atoms with Gasteiger partial charge in [-0.2, -0.15) is 0 Å². The van der Waals surface area contributed by atoms with Gasteiger partial charge in [0, 0.05) is 28.5 Å². The Morgan fingerprint density at radius 3 is 2.94 bits per heavy atom. The summed E-state index contributed by atoms with van der Waals surface area (Å²) >= 11 is 10.8. The lowest BCUT2D eigenvalue weighted by atomic mass is 10.1. The lowest BCUT2D eigenvalue weighted by Gasteiger charge is -2.06. The number of nitrogens with one attached hydrogen (secondary N) is 3. The highest BCUT2D eigenvalue weighted by Gasteiger charge is 2.27. The van der Waals surface area contributed by atoms with Crippen LogP contribution in [0.3, 0.4) is 0 Å². The first-order valence-electron chi connectivity index (χ1n) is 5.50. The van der Waals surface area contributed by atoms with Crippen LogP contribution in [0.15, 0.2) is 24.4 Å². The van der Waals surface area contributed by atoms with Crippen LogP contribution in [0.4, 0.5) is 0 Å². The number of hydrogen-bond donors (Lipinski definition) is 3. The van der Waals surface area contributed by atoms with Crippen molar-refractivity contribution >= 4 is 45.7 Å². The summed E-state index contributed by atoms with van der Waals surface area (Å²) in [5.74, 6) is -0.0803. The van der Waals surface area contributed by atoms with Crippen LogP contribution in [-0.2, 0) is 11.2 Å². The van der Waals surface area contributed by atoms with Crippen LogP contribution in [0.1, 0.15) is 5.56 Å². The third kappa shape index (κ3) is 1.95. The fourth-order valence-electron chi connectivity index (χ4n) is 2.15. The maximum absolute atomic E-state index is 11.6. The highest BCUT2D eigenvalue weighted by Crippen LogP contribution is 2.23. The monoisotopic (exact) mass is 279 g/mol. The summed E-state index contributed by atoms with van der Waals surface area (Å²) < 4.78 is 0. The molecule has 1 aromatic carbocycles. The van der Waals surface area contributed by atoms with E-state index in [0.29, 0.717) is 16.6 Å². The Hall–Kier alpha value is -1.59. The molecule has 0 saturated carbocycles. The molecular weight excluding hydrogens is 270 g/mol. The molecule has 0 aliphatic carbocycles. The summed E-state index contributed by atoms with van der Waals surface area (Å²) in [4.78, 5) is 14.8. The van der Waals surface area contributed by atoms with Gasteiger partial charge < -0.3 is 15.6 Å². The molecule has 2 heterocycles. The van der Waals surface area contributed by atoms with Crippen molar-refractivity contribution in [1.82, 2.24) is 15.6 Å². The quantitative estimate of drug-likeness (QED) is 0.734. The Bertz CT molecular complexity index is 652. The first-order chi connectivity index (χ1) is 8.63. The second-order valence-corrected chi connectivity index (χ2v) is 5.07. The number of fused-ring (bicyclic) bond motifs is 1. The normalized spacial score (nSPS) is 19.1. The highest BCUT2D eigenvalue weighted by atomic mass is 35.5. The molecule has 18 heavy (non-hydrogen) atoms. The van der Waals surface area contributed by atoms with E-state index in [1.54, 1.807) is 0 Å². The van der Waals surface area contributed by atoms with E-state index >= 15 is 0 Å². The summed E-state index contributed by atoms with van der Waals surface area (Å²) in [7, 11) is 0. The molecule has 0 radical (unpaired) electrons. The van der Waals surface area contributed by atoms with Gasteiger partial charge in [0.1, 0.15) is 6.04 Å². The molecule has 1 atom stereocenters. The second kappa shape index (κ2) is 4.26. The zero-order valence-electron chi connectivity index (χ0n) is 9.29. The van der Waals surface area contributed by atoms with Crippen LogP contribution in [0.2, 0.25) is 5.02 Å². The highest BCUT2D eigenvalue weighted by molar-refractivity contribution is 7.80. The number of aromatic amines is 1. The van der Waals surface area contributed by atoms with Crippen molar-refractivity contribution in [2.45, 2.75) is 12.5 Å². The molecule has 1 saturated heterocycles. The number of hydrogen-bond acceptors (Lipinski definition) is 2. The first-order valence-corrected chi connectivity index (χ1v) is 6.29. The van der Waals surface area contributed by atoms with E-state index in [4.69, 9.17) is 23.8 Å². The predicted octanol–water partition coefficient (Wildman–Crippen LogP) is 1.74. The van der Waals surface area contributed by atoms with Crippen LogP contribution in [0.25, 0.3) is 10.9 Å². The number of carbonyl (C=O) groups is 1. The van der Waals surface area contributed by atoms with Gasteiger partial charge in [-0.3, -0.25) is 4.79 Å². The largest absolute Gasteiger partial charge is 0.361 e. The van der Waals surface area contributed by atoms with E-state index < -0.39 is 0 Å². The van der Waals surface area contributed by atoms with E-state index in [1.807, 2.05) is 24.4 Å². The van der Waals surface area contributed by atoms with E-state index in [1.165, 1.54) is 0 Å². The van der Waals surface area contributed by atoms with Crippen molar-refractivity contribution < 1.29 is 4.79 Å². The van der Waals surface area contributed by atoms with E-state index in [0.717, 1.165) is 16.5 Å². The van der Waals surface area contributed by atoms with Crippen molar-refractivity contribution in [1.29, 1.82) is 0 Å². The van der Waals surface area contributed by atoms with Crippen molar-refractivity contribution in [3.05, 3.63) is 35.0 Å². The Kier molecular flexibility index (Phi) is 2.72. The Morgan fingerprint density at radius 2 is 2.22 bits per heavy atom. The van der Waals surface area contributed by atoms with Crippen molar-refractivity contribution in [2.75, 3.05) is 0 Å². The zero-order valence-corrected chi connectivity index (χ0v) is 10.9. The molecule has 1 aliphatic heterocycles. The molecule has 2 aromatic rings. The van der Waals surface area contributed by atoms with Crippen LogP contribution in [0, 0.1) is 0 Å². The van der Waals surface area contributed by atoms with Crippen LogP contribution >= 0.6 is 23.8 Å². The Morgan fingerprint density at radius 1 is 1.39 bits per heavy atom. The lowest BCUT2D eigenvalue weighted by molar-refractivity contribution is -0.120. The van der Waals surface area contributed by atoms with Gasteiger partial charge in [0.15, 0.2) is 5.11 Å². The van der Waals surface area contributed by atoms with E-state index in [-0.39, 0.29) is 11.9 Å². The number of amides is 1. The SMILES string of the molecule is O=C1NC(=S)NC1Cc1c[nH]c2cc(Cl)ccc12. The fraction of sp³-hybridized carbons (Fsp3) is 0.167. The van der Waals surface area contributed by atoms with Crippen LogP contribution in [-0.4, -0.2) is 22.0 Å². The smallest absolute Gasteiger partial charge is 0.249 e. The molecule has 1 aromatic heterocycles. The van der Waals surface area contributed by atoms with Gasteiger partial charge in [-0.1, -0.05) is 17.7 Å². The summed E-state index contributed by atoms with van der Waals surface area (Å²) in [5.41, 5.74) is 2.04. The predicted molar refractivity (Wildman–Crippen MR) is 74.7 cm³/mol. The minimum Gasteiger partial charge on any atom is -0.361 e. The molecular formula is C12H10ClN3OS. The third-order valence-electron chi connectivity index (χ3n) is 3.01. The molecule has 6 heteroatoms. The van der Waals surface area contributed by atoms with E-state index in [9.17, 15) is 4.79 Å². The molecule has 3 rings (SSSR count). The maximum atomic E-state index is 11.6. The number of thiocarbonyl (C=S) groups is 1. The molecule has 0 bridgehead atoms. The van der Waals surface area contributed by atoms with Gasteiger partial charge in [-0.15, -0.1) is 0 Å². The Balaban J connectivity index is 1.91.